The van der Waals surface area contributed by atoms with E-state index >= 15 is 0 Å². The number of methoxy groups -OCH3 is 1. The normalized spacial score (nSPS) is 15.1. The van der Waals surface area contributed by atoms with Gasteiger partial charge in [0, 0.05) is 5.02 Å². The summed E-state index contributed by atoms with van der Waals surface area (Å²) in [4.78, 5) is 19.5. The number of para-hydroxylation sites is 2. The summed E-state index contributed by atoms with van der Waals surface area (Å²) in [5.41, 5.74) is 2.70. The van der Waals surface area contributed by atoms with E-state index in [1.807, 2.05) is 66.7 Å². The molecule has 3 aromatic rings. The molecule has 1 amide bonds. The second kappa shape index (κ2) is 7.71. The van der Waals surface area contributed by atoms with Crippen molar-refractivity contribution < 1.29 is 9.53 Å². The van der Waals surface area contributed by atoms with Crippen LogP contribution in [0.1, 0.15) is 11.1 Å². The van der Waals surface area contributed by atoms with Gasteiger partial charge in [-0.1, -0.05) is 54.1 Å². The van der Waals surface area contributed by atoms with Crippen LogP contribution in [0, 0.1) is 0 Å². The molecule has 0 unspecified atom stereocenters. The van der Waals surface area contributed by atoms with Crippen LogP contribution in [0.25, 0.3) is 6.08 Å². The first kappa shape index (κ1) is 18.0. The molecular weight excluding hydrogens is 372 g/mol. The van der Waals surface area contributed by atoms with Gasteiger partial charge in [0.15, 0.2) is 5.84 Å². The largest absolute Gasteiger partial charge is 0.496 e. The first-order chi connectivity index (χ1) is 13.7. The predicted molar refractivity (Wildman–Crippen MR) is 113 cm³/mol. The SMILES string of the molecule is COc1ccccc1C1=N/C(=C/c2ccc(Cl)cc2)C(=O)N1c1ccccc1. The minimum Gasteiger partial charge on any atom is -0.496 e. The van der Waals surface area contributed by atoms with Crippen LogP contribution in [-0.4, -0.2) is 18.9 Å². The van der Waals surface area contributed by atoms with Crippen LogP contribution in [0.3, 0.4) is 0 Å². The number of amides is 1. The molecule has 0 spiro atoms. The second-order valence-electron chi connectivity index (χ2n) is 6.19. The molecule has 0 saturated heterocycles. The molecular formula is C23H17ClN2O2. The fourth-order valence-corrected chi connectivity index (χ4v) is 3.19. The third-order valence-corrected chi connectivity index (χ3v) is 4.65. The Morgan fingerprint density at radius 2 is 1.61 bits per heavy atom. The van der Waals surface area contributed by atoms with Crippen LogP contribution in [0.15, 0.2) is 89.6 Å². The molecule has 5 heteroatoms. The lowest BCUT2D eigenvalue weighted by Crippen LogP contribution is -2.32. The minimum atomic E-state index is -0.193. The number of ether oxygens (including phenoxy) is 1. The number of benzene rings is 3. The fourth-order valence-electron chi connectivity index (χ4n) is 3.06. The molecule has 1 aliphatic heterocycles. The van der Waals surface area contributed by atoms with Crippen LogP contribution in [0.2, 0.25) is 5.02 Å². The summed E-state index contributed by atoms with van der Waals surface area (Å²) in [6, 6.07) is 24.3. The highest BCUT2D eigenvalue weighted by Gasteiger charge is 2.33. The Bertz CT molecular complexity index is 1070. The van der Waals surface area contributed by atoms with Crippen molar-refractivity contribution in [1.82, 2.24) is 0 Å². The van der Waals surface area contributed by atoms with Gasteiger partial charge >= 0.3 is 0 Å². The Morgan fingerprint density at radius 3 is 2.32 bits per heavy atom. The van der Waals surface area contributed by atoms with Gasteiger partial charge < -0.3 is 4.74 Å². The fraction of sp³-hybridized carbons (Fsp3) is 0.0435. The van der Waals surface area contributed by atoms with E-state index in [9.17, 15) is 4.79 Å². The number of hydrogen-bond donors (Lipinski definition) is 0. The number of aliphatic imine (C=N–C) groups is 1. The first-order valence-electron chi connectivity index (χ1n) is 8.76. The lowest BCUT2D eigenvalue weighted by molar-refractivity contribution is -0.113. The summed E-state index contributed by atoms with van der Waals surface area (Å²) < 4.78 is 5.49. The molecule has 1 heterocycles. The highest BCUT2D eigenvalue weighted by atomic mass is 35.5. The number of carbonyl (C=O) groups is 1. The zero-order valence-corrected chi connectivity index (χ0v) is 15.9. The molecule has 0 N–H and O–H groups in total. The molecule has 0 atom stereocenters. The number of halogens is 1. The Balaban J connectivity index is 1.85. The third-order valence-electron chi connectivity index (χ3n) is 4.40. The van der Waals surface area contributed by atoms with E-state index in [4.69, 9.17) is 16.3 Å². The number of amidine groups is 1. The smallest absolute Gasteiger partial charge is 0.282 e. The van der Waals surface area contributed by atoms with E-state index in [1.165, 1.54) is 0 Å². The molecule has 1 aliphatic rings. The van der Waals surface area contributed by atoms with Crippen molar-refractivity contribution in [3.05, 3.63) is 101 Å². The number of anilines is 1. The van der Waals surface area contributed by atoms with Crippen LogP contribution >= 0.6 is 11.6 Å². The number of hydrogen-bond acceptors (Lipinski definition) is 3. The summed E-state index contributed by atoms with van der Waals surface area (Å²) in [5.74, 6) is 0.999. The quantitative estimate of drug-likeness (QED) is 0.577. The molecule has 0 saturated carbocycles. The third kappa shape index (κ3) is 3.42. The summed E-state index contributed by atoms with van der Waals surface area (Å²) >= 11 is 5.96. The monoisotopic (exact) mass is 388 g/mol. The van der Waals surface area contributed by atoms with Gasteiger partial charge in [-0.2, -0.15) is 0 Å². The van der Waals surface area contributed by atoms with Crippen molar-refractivity contribution in [2.24, 2.45) is 4.99 Å². The summed E-state index contributed by atoms with van der Waals surface area (Å²) in [6.45, 7) is 0. The van der Waals surface area contributed by atoms with Crippen molar-refractivity contribution in [2.45, 2.75) is 0 Å². The Kier molecular flexibility index (Phi) is 4.96. The molecule has 0 fully saturated rings. The van der Waals surface area contributed by atoms with Crippen LogP contribution in [0.5, 0.6) is 5.75 Å². The van der Waals surface area contributed by atoms with Crippen molar-refractivity contribution >= 4 is 35.1 Å². The molecule has 4 nitrogen and oxygen atoms in total. The maximum atomic E-state index is 13.2. The summed E-state index contributed by atoms with van der Waals surface area (Å²) in [6.07, 6.45) is 1.76. The summed E-state index contributed by atoms with van der Waals surface area (Å²) in [5, 5.41) is 0.643. The van der Waals surface area contributed by atoms with Gasteiger partial charge in [0.05, 0.1) is 18.4 Å². The number of carbonyl (C=O) groups excluding carboxylic acids is 1. The van der Waals surface area contributed by atoms with Gasteiger partial charge in [0.2, 0.25) is 0 Å². The first-order valence-corrected chi connectivity index (χ1v) is 9.14. The van der Waals surface area contributed by atoms with Gasteiger partial charge in [-0.05, 0) is 48.0 Å². The molecule has 28 heavy (non-hydrogen) atoms. The van der Waals surface area contributed by atoms with Crippen LogP contribution < -0.4 is 9.64 Å². The average molecular weight is 389 g/mol. The van der Waals surface area contributed by atoms with E-state index in [1.54, 1.807) is 30.2 Å². The van der Waals surface area contributed by atoms with Crippen molar-refractivity contribution in [1.29, 1.82) is 0 Å². The van der Waals surface area contributed by atoms with Crippen LogP contribution in [0.4, 0.5) is 5.69 Å². The molecule has 3 aromatic carbocycles. The van der Waals surface area contributed by atoms with E-state index in [-0.39, 0.29) is 5.91 Å². The van der Waals surface area contributed by atoms with Crippen molar-refractivity contribution in [2.75, 3.05) is 12.0 Å². The Labute approximate surface area is 168 Å². The Hall–Kier alpha value is -3.37. The summed E-state index contributed by atoms with van der Waals surface area (Å²) in [7, 11) is 1.60. The molecule has 0 aliphatic carbocycles. The Morgan fingerprint density at radius 1 is 0.929 bits per heavy atom. The van der Waals surface area contributed by atoms with Gasteiger partial charge in [-0.3, -0.25) is 9.69 Å². The van der Waals surface area contributed by atoms with Gasteiger partial charge in [0.1, 0.15) is 11.4 Å². The molecule has 0 aromatic heterocycles. The standard InChI is InChI=1S/C23H17ClN2O2/c1-28-21-10-6-5-9-19(21)22-25-20(15-16-11-13-17(24)14-12-16)23(27)26(22)18-7-3-2-4-8-18/h2-15H,1H3/b20-15+. The van der Waals surface area contributed by atoms with E-state index in [0.29, 0.717) is 22.3 Å². The lowest BCUT2D eigenvalue weighted by Gasteiger charge is -2.19. The van der Waals surface area contributed by atoms with E-state index in [0.717, 1.165) is 16.8 Å². The zero-order valence-electron chi connectivity index (χ0n) is 15.2. The molecule has 138 valence electrons. The number of rotatable bonds is 4. The maximum absolute atomic E-state index is 13.2. The minimum absolute atomic E-state index is 0.193. The van der Waals surface area contributed by atoms with Crippen molar-refractivity contribution in [3.63, 3.8) is 0 Å². The van der Waals surface area contributed by atoms with E-state index < -0.39 is 0 Å². The lowest BCUT2D eigenvalue weighted by atomic mass is 10.1. The predicted octanol–water partition coefficient (Wildman–Crippen LogP) is 5.18. The topological polar surface area (TPSA) is 41.9 Å². The zero-order chi connectivity index (χ0) is 19.5. The highest BCUT2D eigenvalue weighted by molar-refractivity contribution is 6.33. The van der Waals surface area contributed by atoms with Gasteiger partial charge in [-0.25, -0.2) is 4.99 Å². The maximum Gasteiger partial charge on any atom is 0.282 e. The highest BCUT2D eigenvalue weighted by Crippen LogP contribution is 2.31. The van der Waals surface area contributed by atoms with Gasteiger partial charge in [0.25, 0.3) is 5.91 Å². The molecule has 4 rings (SSSR count). The van der Waals surface area contributed by atoms with Gasteiger partial charge in [-0.15, -0.1) is 0 Å². The number of nitrogens with zero attached hydrogens (tertiary/aromatic N) is 2. The van der Waals surface area contributed by atoms with Crippen LogP contribution in [-0.2, 0) is 4.79 Å². The van der Waals surface area contributed by atoms with Crippen molar-refractivity contribution in [3.8, 4) is 5.75 Å². The molecule has 0 bridgehead atoms. The van der Waals surface area contributed by atoms with E-state index in [2.05, 4.69) is 4.99 Å². The molecule has 0 radical (unpaired) electrons. The second-order valence-corrected chi connectivity index (χ2v) is 6.63. The average Bonchev–Trinajstić information content (AvgIpc) is 3.06.